The summed E-state index contributed by atoms with van der Waals surface area (Å²) < 4.78 is 0. The Morgan fingerprint density at radius 3 is 1.75 bits per heavy atom. The molecule has 0 atom stereocenters. The van der Waals surface area contributed by atoms with E-state index in [2.05, 4.69) is 40.7 Å². The Morgan fingerprint density at radius 2 is 1.20 bits per heavy atom. The average molecular weight is 274 g/mol. The summed E-state index contributed by atoms with van der Waals surface area (Å²) in [4.78, 5) is 0. The Kier molecular flexibility index (Phi) is 7.95. The van der Waals surface area contributed by atoms with Gasteiger partial charge in [0.1, 0.15) is 0 Å². The minimum atomic E-state index is 1.26. The van der Waals surface area contributed by atoms with E-state index in [1.54, 1.807) is 27.8 Å². The molecule has 0 heterocycles. The summed E-state index contributed by atoms with van der Waals surface area (Å²) in [7, 11) is 0. The summed E-state index contributed by atoms with van der Waals surface area (Å²) in [5.74, 6) is 0. The first kappa shape index (κ1) is 17.3. The topological polar surface area (TPSA) is 0 Å². The third-order valence-electron chi connectivity index (χ3n) is 4.53. The first-order chi connectivity index (χ1) is 9.65. The lowest BCUT2D eigenvalue weighted by Gasteiger charge is -2.19. The summed E-state index contributed by atoms with van der Waals surface area (Å²) in [6.07, 6.45) is 11.7. The maximum atomic E-state index is 2.48. The van der Waals surface area contributed by atoms with Crippen LogP contribution in [0.15, 0.2) is 6.07 Å². The van der Waals surface area contributed by atoms with Crippen molar-refractivity contribution < 1.29 is 0 Å². The van der Waals surface area contributed by atoms with Gasteiger partial charge in [0.2, 0.25) is 0 Å². The van der Waals surface area contributed by atoms with Crippen molar-refractivity contribution in [1.82, 2.24) is 0 Å². The van der Waals surface area contributed by atoms with Gasteiger partial charge in [-0.1, -0.05) is 46.1 Å². The molecule has 114 valence electrons. The fourth-order valence-electron chi connectivity index (χ4n) is 3.14. The predicted octanol–water partition coefficient (Wildman–Crippen LogP) is 6.33. The van der Waals surface area contributed by atoms with E-state index in [0.717, 1.165) is 0 Å². The molecule has 1 rings (SSSR count). The molecule has 0 spiro atoms. The third-order valence-corrected chi connectivity index (χ3v) is 4.53. The van der Waals surface area contributed by atoms with Gasteiger partial charge in [0.15, 0.2) is 0 Å². The standard InChI is InChI=1S/C20H34/c1-6-9-12-18-15-16(4)19(13-10-7-2)20(17(18)5)14-11-8-3/h15H,6-14H2,1-5H3. The normalized spacial score (nSPS) is 11.1. The van der Waals surface area contributed by atoms with Gasteiger partial charge in [-0.3, -0.25) is 0 Å². The van der Waals surface area contributed by atoms with E-state index >= 15 is 0 Å². The SMILES string of the molecule is CCCCc1cc(C)c(CCCC)c(CCCC)c1C. The largest absolute Gasteiger partial charge is 0.0654 e. The molecule has 0 saturated carbocycles. The molecule has 0 N–H and O–H groups in total. The molecule has 0 radical (unpaired) electrons. The van der Waals surface area contributed by atoms with E-state index in [-0.39, 0.29) is 0 Å². The van der Waals surface area contributed by atoms with Crippen molar-refractivity contribution in [3.63, 3.8) is 0 Å². The fraction of sp³-hybridized carbons (Fsp3) is 0.700. The summed E-state index contributed by atoms with van der Waals surface area (Å²) in [5, 5.41) is 0. The minimum Gasteiger partial charge on any atom is -0.0654 e. The van der Waals surface area contributed by atoms with Crippen molar-refractivity contribution in [2.75, 3.05) is 0 Å². The van der Waals surface area contributed by atoms with Crippen molar-refractivity contribution in [3.05, 3.63) is 33.9 Å². The zero-order valence-corrected chi connectivity index (χ0v) is 14.4. The lowest BCUT2D eigenvalue weighted by molar-refractivity contribution is 0.742. The van der Waals surface area contributed by atoms with Crippen molar-refractivity contribution >= 4 is 0 Å². The van der Waals surface area contributed by atoms with Gasteiger partial charge in [0.25, 0.3) is 0 Å². The van der Waals surface area contributed by atoms with E-state index in [1.807, 2.05) is 0 Å². The lowest BCUT2D eigenvalue weighted by Crippen LogP contribution is -2.05. The number of unbranched alkanes of at least 4 members (excludes halogenated alkanes) is 3. The molecule has 0 unspecified atom stereocenters. The molecule has 0 heteroatoms. The van der Waals surface area contributed by atoms with Crippen LogP contribution in [0.3, 0.4) is 0 Å². The zero-order chi connectivity index (χ0) is 15.0. The van der Waals surface area contributed by atoms with Crippen LogP contribution in [-0.2, 0) is 19.3 Å². The number of rotatable bonds is 9. The first-order valence-electron chi connectivity index (χ1n) is 8.76. The fourth-order valence-corrected chi connectivity index (χ4v) is 3.14. The maximum Gasteiger partial charge on any atom is -0.0273 e. The summed E-state index contributed by atoms with van der Waals surface area (Å²) >= 11 is 0. The molecular weight excluding hydrogens is 240 g/mol. The Hall–Kier alpha value is -0.780. The van der Waals surface area contributed by atoms with Gasteiger partial charge in [0.05, 0.1) is 0 Å². The molecule has 0 saturated heterocycles. The van der Waals surface area contributed by atoms with Crippen LogP contribution in [-0.4, -0.2) is 0 Å². The van der Waals surface area contributed by atoms with Crippen molar-refractivity contribution in [2.45, 2.75) is 92.4 Å². The highest BCUT2D eigenvalue weighted by Gasteiger charge is 2.12. The van der Waals surface area contributed by atoms with Crippen LogP contribution in [0, 0.1) is 13.8 Å². The van der Waals surface area contributed by atoms with Gasteiger partial charge in [0, 0.05) is 0 Å². The second-order valence-corrected chi connectivity index (χ2v) is 6.25. The van der Waals surface area contributed by atoms with Gasteiger partial charge in [-0.15, -0.1) is 0 Å². The molecule has 20 heavy (non-hydrogen) atoms. The highest BCUT2D eigenvalue weighted by molar-refractivity contribution is 5.45. The van der Waals surface area contributed by atoms with Gasteiger partial charge in [-0.2, -0.15) is 0 Å². The lowest BCUT2D eigenvalue weighted by atomic mass is 9.86. The molecule has 0 bridgehead atoms. The molecule has 0 amide bonds. The Balaban J connectivity index is 3.11. The van der Waals surface area contributed by atoms with Gasteiger partial charge in [-0.05, 0) is 80.2 Å². The van der Waals surface area contributed by atoms with Crippen LogP contribution >= 0.6 is 0 Å². The summed E-state index contributed by atoms with van der Waals surface area (Å²) in [5.41, 5.74) is 8.10. The summed E-state index contributed by atoms with van der Waals surface area (Å²) in [6.45, 7) is 11.6. The molecule has 1 aromatic carbocycles. The molecule has 0 aliphatic rings. The quantitative estimate of drug-likeness (QED) is 0.493. The average Bonchev–Trinajstić information content (AvgIpc) is 2.45. The van der Waals surface area contributed by atoms with Crippen LogP contribution in [0.4, 0.5) is 0 Å². The Labute approximate surface area is 127 Å². The molecule has 0 nitrogen and oxygen atoms in total. The van der Waals surface area contributed by atoms with Crippen molar-refractivity contribution in [1.29, 1.82) is 0 Å². The highest BCUT2D eigenvalue weighted by atomic mass is 14.2. The van der Waals surface area contributed by atoms with E-state index in [9.17, 15) is 0 Å². The number of aryl methyl sites for hydroxylation is 2. The van der Waals surface area contributed by atoms with E-state index in [1.165, 1.54) is 57.8 Å². The van der Waals surface area contributed by atoms with Gasteiger partial charge in [-0.25, -0.2) is 0 Å². The number of benzene rings is 1. The predicted molar refractivity (Wildman–Crippen MR) is 91.8 cm³/mol. The first-order valence-corrected chi connectivity index (χ1v) is 8.76. The number of hydrogen-bond acceptors (Lipinski definition) is 0. The van der Waals surface area contributed by atoms with Crippen LogP contribution in [0.1, 0.15) is 87.1 Å². The Morgan fingerprint density at radius 1 is 0.700 bits per heavy atom. The second kappa shape index (κ2) is 9.21. The monoisotopic (exact) mass is 274 g/mol. The highest BCUT2D eigenvalue weighted by Crippen LogP contribution is 2.27. The maximum absolute atomic E-state index is 2.48. The molecule has 0 aromatic heterocycles. The van der Waals surface area contributed by atoms with Gasteiger partial charge >= 0.3 is 0 Å². The number of hydrogen-bond donors (Lipinski definition) is 0. The molecule has 0 aliphatic heterocycles. The third kappa shape index (κ3) is 4.65. The van der Waals surface area contributed by atoms with E-state index in [0.29, 0.717) is 0 Å². The molecule has 0 aliphatic carbocycles. The molecule has 1 aromatic rings. The van der Waals surface area contributed by atoms with E-state index < -0.39 is 0 Å². The van der Waals surface area contributed by atoms with Gasteiger partial charge < -0.3 is 0 Å². The minimum absolute atomic E-state index is 1.26. The second-order valence-electron chi connectivity index (χ2n) is 6.25. The van der Waals surface area contributed by atoms with Crippen LogP contribution in [0.25, 0.3) is 0 Å². The van der Waals surface area contributed by atoms with Crippen molar-refractivity contribution in [3.8, 4) is 0 Å². The smallest absolute Gasteiger partial charge is 0.0273 e. The summed E-state index contributed by atoms with van der Waals surface area (Å²) in [6, 6.07) is 2.48. The van der Waals surface area contributed by atoms with E-state index in [4.69, 9.17) is 0 Å². The Bertz CT molecular complexity index is 401. The van der Waals surface area contributed by atoms with Crippen molar-refractivity contribution in [2.24, 2.45) is 0 Å². The van der Waals surface area contributed by atoms with Crippen LogP contribution < -0.4 is 0 Å². The molecule has 0 fully saturated rings. The zero-order valence-electron chi connectivity index (χ0n) is 14.4. The molecular formula is C20H34. The van der Waals surface area contributed by atoms with Crippen LogP contribution in [0.2, 0.25) is 0 Å². The van der Waals surface area contributed by atoms with Crippen LogP contribution in [0.5, 0.6) is 0 Å².